The fourth-order valence-electron chi connectivity index (χ4n) is 5.97. The summed E-state index contributed by atoms with van der Waals surface area (Å²) < 4.78 is 31.1. The number of hydrogen-bond donors (Lipinski definition) is 0. The molecule has 1 aliphatic heterocycles. The van der Waals surface area contributed by atoms with E-state index in [4.69, 9.17) is 15.1 Å². The molecule has 0 bridgehead atoms. The molecule has 2 aromatic heterocycles. The lowest BCUT2D eigenvalue weighted by Crippen LogP contribution is -2.35. The second kappa shape index (κ2) is 11.5. The lowest BCUT2D eigenvalue weighted by Gasteiger charge is -2.24. The highest BCUT2D eigenvalue weighted by Crippen LogP contribution is 2.31. The van der Waals surface area contributed by atoms with Gasteiger partial charge in [-0.15, -0.1) is 0 Å². The van der Waals surface area contributed by atoms with Crippen LogP contribution in [-0.2, 0) is 16.4 Å². The Morgan fingerprint density at radius 2 is 1.50 bits per heavy atom. The summed E-state index contributed by atoms with van der Waals surface area (Å²) in [5.41, 5.74) is 4.86. The molecule has 0 spiro atoms. The zero-order chi connectivity index (χ0) is 30.3. The summed E-state index contributed by atoms with van der Waals surface area (Å²) in [6.45, 7) is 6.06. The van der Waals surface area contributed by atoms with Crippen LogP contribution in [0, 0.1) is 13.8 Å². The van der Waals surface area contributed by atoms with Gasteiger partial charge in [0, 0.05) is 32.6 Å². The average Bonchev–Trinajstić information content (AvgIpc) is 3.20. The minimum atomic E-state index is -3.66. The molecule has 44 heavy (non-hydrogen) atoms. The molecule has 4 aromatic carbocycles. The highest BCUT2D eigenvalue weighted by molar-refractivity contribution is 7.89. The van der Waals surface area contributed by atoms with Crippen LogP contribution in [0.5, 0.6) is 0 Å². The summed E-state index contributed by atoms with van der Waals surface area (Å²) in [4.78, 5) is 12.7. The first kappa shape index (κ1) is 28.2. The van der Waals surface area contributed by atoms with E-state index in [1.807, 2.05) is 72.3 Å². The van der Waals surface area contributed by atoms with E-state index in [0.29, 0.717) is 49.7 Å². The smallest absolute Gasteiger partial charge is 0.243 e. The molecule has 7 rings (SSSR count). The summed E-state index contributed by atoms with van der Waals surface area (Å²) in [5, 5.41) is 7.73. The number of benzene rings is 4. The second-order valence-corrected chi connectivity index (χ2v) is 13.3. The normalized spacial score (nSPS) is 14.7. The van der Waals surface area contributed by atoms with Crippen LogP contribution < -0.4 is 4.90 Å². The van der Waals surface area contributed by atoms with Crippen molar-refractivity contribution in [3.05, 3.63) is 120 Å². The number of aryl methyl sites for hydroxylation is 2. The summed E-state index contributed by atoms with van der Waals surface area (Å²) in [7, 11) is -3.66. The zero-order valence-corrected chi connectivity index (χ0v) is 25.7. The van der Waals surface area contributed by atoms with Gasteiger partial charge >= 0.3 is 0 Å². The first-order valence-electron chi connectivity index (χ1n) is 15.0. The molecular weight excluding hydrogens is 568 g/mol. The molecule has 0 amide bonds. The molecular formula is C35H34N6O2S. The van der Waals surface area contributed by atoms with Crippen molar-refractivity contribution in [2.24, 2.45) is 0 Å². The summed E-state index contributed by atoms with van der Waals surface area (Å²) in [6.07, 6.45) is 1.26. The van der Waals surface area contributed by atoms with Crippen molar-refractivity contribution >= 4 is 37.6 Å². The topological polar surface area (TPSA) is 84.2 Å². The average molecular weight is 603 g/mol. The summed E-state index contributed by atoms with van der Waals surface area (Å²) >= 11 is 0. The summed E-state index contributed by atoms with van der Waals surface area (Å²) in [5.74, 6) is 1.51. The Hall–Kier alpha value is -4.60. The third-order valence-electron chi connectivity index (χ3n) is 8.33. The number of sulfonamides is 1. The molecule has 0 radical (unpaired) electrons. The van der Waals surface area contributed by atoms with Crippen LogP contribution in [-0.4, -0.2) is 58.7 Å². The molecule has 222 valence electrons. The van der Waals surface area contributed by atoms with Crippen molar-refractivity contribution in [1.82, 2.24) is 24.1 Å². The van der Waals surface area contributed by atoms with E-state index in [-0.39, 0.29) is 0 Å². The van der Waals surface area contributed by atoms with Gasteiger partial charge in [-0.1, -0.05) is 78.4 Å². The maximum absolute atomic E-state index is 13.8. The molecule has 8 nitrogen and oxygen atoms in total. The van der Waals surface area contributed by atoms with Crippen molar-refractivity contribution < 1.29 is 8.42 Å². The number of nitrogens with zero attached hydrogens (tertiary/aromatic N) is 6. The van der Waals surface area contributed by atoms with E-state index in [1.54, 1.807) is 16.4 Å². The third kappa shape index (κ3) is 5.33. The Morgan fingerprint density at radius 3 is 2.30 bits per heavy atom. The number of anilines is 1. The standard InChI is InChI=1S/C35H34N6O2S/c1-25-13-15-27(16-14-25)23-32-36-34(33-26(2)38-41(35(33)37-32)30-11-4-3-5-12-30)39-19-8-20-40(22-21-39)44(42,43)31-18-17-28-9-6-7-10-29(28)24-31/h3-7,9-18,24H,8,19-23H2,1-2H3. The van der Waals surface area contributed by atoms with Crippen LogP contribution in [0.4, 0.5) is 5.82 Å². The van der Waals surface area contributed by atoms with Gasteiger partial charge in [-0.25, -0.2) is 23.1 Å². The number of aromatic nitrogens is 4. The molecule has 0 atom stereocenters. The van der Waals surface area contributed by atoms with E-state index in [1.165, 1.54) is 5.56 Å². The maximum atomic E-state index is 13.8. The van der Waals surface area contributed by atoms with Gasteiger partial charge in [-0.05, 0) is 60.9 Å². The Balaban J connectivity index is 1.25. The van der Waals surface area contributed by atoms with Gasteiger partial charge in [0.2, 0.25) is 10.0 Å². The molecule has 1 saturated heterocycles. The predicted octanol–water partition coefficient (Wildman–Crippen LogP) is 6.08. The number of fused-ring (bicyclic) bond motifs is 2. The van der Waals surface area contributed by atoms with E-state index >= 15 is 0 Å². The van der Waals surface area contributed by atoms with Crippen molar-refractivity contribution in [1.29, 1.82) is 0 Å². The van der Waals surface area contributed by atoms with Crippen molar-refractivity contribution in [3.63, 3.8) is 0 Å². The van der Waals surface area contributed by atoms with Crippen LogP contribution in [0.25, 0.3) is 27.5 Å². The Morgan fingerprint density at radius 1 is 0.750 bits per heavy atom. The molecule has 0 aliphatic carbocycles. The largest absolute Gasteiger partial charge is 0.355 e. The lowest BCUT2D eigenvalue weighted by molar-refractivity contribution is 0.433. The van der Waals surface area contributed by atoms with Gasteiger partial charge in [-0.3, -0.25) is 0 Å². The molecule has 0 unspecified atom stereocenters. The fourth-order valence-corrected chi connectivity index (χ4v) is 7.48. The SMILES string of the molecule is Cc1ccc(Cc2nc(N3CCCN(S(=O)(=O)c4ccc5ccccc5c4)CC3)c3c(C)nn(-c4ccccc4)c3n2)cc1. The van der Waals surface area contributed by atoms with Crippen LogP contribution >= 0.6 is 0 Å². The minimum absolute atomic E-state index is 0.328. The Labute approximate surface area is 257 Å². The van der Waals surface area contributed by atoms with Crippen LogP contribution in [0.2, 0.25) is 0 Å². The van der Waals surface area contributed by atoms with Gasteiger partial charge in [0.1, 0.15) is 11.6 Å². The van der Waals surface area contributed by atoms with Gasteiger partial charge in [0.05, 0.1) is 21.7 Å². The third-order valence-corrected chi connectivity index (χ3v) is 10.2. The lowest BCUT2D eigenvalue weighted by atomic mass is 10.1. The van der Waals surface area contributed by atoms with Crippen molar-refractivity contribution in [3.8, 4) is 5.69 Å². The molecule has 3 heterocycles. The summed E-state index contributed by atoms with van der Waals surface area (Å²) in [6, 6.07) is 31.7. The Bertz CT molecular complexity index is 2070. The van der Waals surface area contributed by atoms with Gasteiger partial charge in [-0.2, -0.15) is 9.40 Å². The predicted molar refractivity (Wildman–Crippen MR) is 175 cm³/mol. The van der Waals surface area contributed by atoms with E-state index < -0.39 is 10.0 Å². The Kier molecular flexibility index (Phi) is 7.35. The van der Waals surface area contributed by atoms with Crippen molar-refractivity contribution in [2.45, 2.75) is 31.6 Å². The van der Waals surface area contributed by atoms with Crippen LogP contribution in [0.1, 0.15) is 29.1 Å². The molecule has 1 fully saturated rings. The van der Waals surface area contributed by atoms with Gasteiger partial charge < -0.3 is 4.90 Å². The molecule has 6 aromatic rings. The molecule has 9 heteroatoms. The molecule has 0 N–H and O–H groups in total. The first-order chi connectivity index (χ1) is 21.4. The van der Waals surface area contributed by atoms with Crippen LogP contribution in [0.15, 0.2) is 102 Å². The van der Waals surface area contributed by atoms with E-state index in [0.717, 1.165) is 44.6 Å². The van der Waals surface area contributed by atoms with E-state index in [2.05, 4.69) is 36.1 Å². The highest BCUT2D eigenvalue weighted by atomic mass is 32.2. The number of para-hydroxylation sites is 1. The van der Waals surface area contributed by atoms with Crippen molar-refractivity contribution in [2.75, 3.05) is 31.1 Å². The molecule has 1 aliphatic rings. The quantitative estimate of drug-likeness (QED) is 0.230. The number of hydrogen-bond acceptors (Lipinski definition) is 6. The highest BCUT2D eigenvalue weighted by Gasteiger charge is 2.29. The fraction of sp³-hybridized carbons (Fsp3) is 0.229. The second-order valence-electron chi connectivity index (χ2n) is 11.4. The molecule has 0 saturated carbocycles. The monoisotopic (exact) mass is 602 g/mol. The van der Waals surface area contributed by atoms with Crippen LogP contribution in [0.3, 0.4) is 0 Å². The zero-order valence-electron chi connectivity index (χ0n) is 24.9. The minimum Gasteiger partial charge on any atom is -0.355 e. The maximum Gasteiger partial charge on any atom is 0.243 e. The number of rotatable bonds is 6. The first-order valence-corrected chi connectivity index (χ1v) is 16.4. The van der Waals surface area contributed by atoms with E-state index in [9.17, 15) is 8.42 Å². The van der Waals surface area contributed by atoms with Gasteiger partial charge in [0.25, 0.3) is 0 Å². The van der Waals surface area contributed by atoms with Gasteiger partial charge in [0.15, 0.2) is 5.65 Å².